The molecular formula is C6H13NO2. The van der Waals surface area contributed by atoms with Gasteiger partial charge in [0.15, 0.2) is 0 Å². The van der Waals surface area contributed by atoms with Gasteiger partial charge in [-0.2, -0.15) is 0 Å². The molecule has 1 atom stereocenters. The third-order valence-corrected chi connectivity index (χ3v) is 0.859. The minimum atomic E-state index is -0.224. The standard InChI is InChI=1S/C6H13NO2/c1-5(4-7-3)9-6(2)8/h5,7H,4H2,1-3H3. The van der Waals surface area contributed by atoms with Crippen LogP contribution in [-0.4, -0.2) is 25.7 Å². The number of nitrogens with one attached hydrogen (secondary N) is 1. The fraction of sp³-hybridized carbons (Fsp3) is 0.833. The average Bonchev–Trinajstić information content (AvgIpc) is 1.63. The number of rotatable bonds is 3. The monoisotopic (exact) mass is 131 g/mol. The van der Waals surface area contributed by atoms with Crippen LogP contribution >= 0.6 is 0 Å². The van der Waals surface area contributed by atoms with Crippen molar-refractivity contribution < 1.29 is 9.53 Å². The average molecular weight is 131 g/mol. The van der Waals surface area contributed by atoms with Gasteiger partial charge in [0, 0.05) is 13.5 Å². The van der Waals surface area contributed by atoms with E-state index < -0.39 is 0 Å². The first-order valence-corrected chi connectivity index (χ1v) is 2.98. The molecule has 0 aliphatic carbocycles. The second kappa shape index (κ2) is 4.32. The molecule has 1 N–H and O–H groups in total. The third-order valence-electron chi connectivity index (χ3n) is 0.859. The van der Waals surface area contributed by atoms with E-state index in [0.717, 1.165) is 0 Å². The van der Waals surface area contributed by atoms with E-state index in [1.807, 2.05) is 14.0 Å². The lowest BCUT2D eigenvalue weighted by molar-refractivity contribution is -0.145. The van der Waals surface area contributed by atoms with E-state index in [1.54, 1.807) is 0 Å². The van der Waals surface area contributed by atoms with Crippen LogP contribution in [0.5, 0.6) is 0 Å². The zero-order chi connectivity index (χ0) is 7.28. The van der Waals surface area contributed by atoms with E-state index in [9.17, 15) is 4.79 Å². The van der Waals surface area contributed by atoms with Crippen molar-refractivity contribution in [1.29, 1.82) is 0 Å². The fourth-order valence-electron chi connectivity index (χ4n) is 0.612. The van der Waals surface area contributed by atoms with Crippen LogP contribution in [0.15, 0.2) is 0 Å². The summed E-state index contributed by atoms with van der Waals surface area (Å²) in [6.45, 7) is 3.96. The number of hydrogen-bond donors (Lipinski definition) is 1. The molecule has 0 aliphatic rings. The molecule has 0 heterocycles. The second-order valence-corrected chi connectivity index (χ2v) is 1.98. The molecule has 0 aromatic carbocycles. The van der Waals surface area contributed by atoms with Gasteiger partial charge >= 0.3 is 5.97 Å². The SMILES string of the molecule is CNCC(C)OC(C)=O. The minimum absolute atomic E-state index is 0.0208. The van der Waals surface area contributed by atoms with Crippen molar-refractivity contribution in [3.05, 3.63) is 0 Å². The Kier molecular flexibility index (Phi) is 4.05. The maximum atomic E-state index is 10.3. The highest BCUT2D eigenvalue weighted by Crippen LogP contribution is 1.87. The van der Waals surface area contributed by atoms with Crippen LogP contribution < -0.4 is 5.32 Å². The normalized spacial score (nSPS) is 12.8. The van der Waals surface area contributed by atoms with E-state index in [0.29, 0.717) is 6.54 Å². The highest BCUT2D eigenvalue weighted by Gasteiger charge is 2.01. The molecule has 1 unspecified atom stereocenters. The summed E-state index contributed by atoms with van der Waals surface area (Å²) in [4.78, 5) is 10.3. The first kappa shape index (κ1) is 8.43. The van der Waals surface area contributed by atoms with Gasteiger partial charge in [-0.3, -0.25) is 4.79 Å². The highest BCUT2D eigenvalue weighted by atomic mass is 16.5. The third kappa shape index (κ3) is 5.30. The van der Waals surface area contributed by atoms with Crippen LogP contribution in [0.1, 0.15) is 13.8 Å². The smallest absolute Gasteiger partial charge is 0.302 e. The van der Waals surface area contributed by atoms with Gasteiger partial charge in [-0.15, -0.1) is 0 Å². The summed E-state index contributed by atoms with van der Waals surface area (Å²) in [5.41, 5.74) is 0. The Morgan fingerprint density at radius 2 is 2.33 bits per heavy atom. The molecule has 54 valence electrons. The molecule has 0 bridgehead atoms. The van der Waals surface area contributed by atoms with E-state index in [1.165, 1.54) is 6.92 Å². The fourth-order valence-corrected chi connectivity index (χ4v) is 0.612. The van der Waals surface area contributed by atoms with Gasteiger partial charge in [0.2, 0.25) is 0 Å². The van der Waals surface area contributed by atoms with Crippen LogP contribution in [0, 0.1) is 0 Å². The van der Waals surface area contributed by atoms with Gasteiger partial charge in [0.1, 0.15) is 6.10 Å². The van der Waals surface area contributed by atoms with Gasteiger partial charge in [0.25, 0.3) is 0 Å². The molecule has 0 spiro atoms. The molecule has 0 aliphatic heterocycles. The molecule has 0 saturated heterocycles. The Balaban J connectivity index is 3.26. The highest BCUT2D eigenvalue weighted by molar-refractivity contribution is 5.66. The molecular weight excluding hydrogens is 118 g/mol. The van der Waals surface area contributed by atoms with Crippen molar-refractivity contribution in [2.75, 3.05) is 13.6 Å². The summed E-state index contributed by atoms with van der Waals surface area (Å²) in [6.07, 6.45) is -0.0208. The van der Waals surface area contributed by atoms with Gasteiger partial charge in [-0.05, 0) is 14.0 Å². The maximum Gasteiger partial charge on any atom is 0.302 e. The van der Waals surface area contributed by atoms with Crippen molar-refractivity contribution in [3.8, 4) is 0 Å². The number of esters is 1. The molecule has 0 aromatic heterocycles. The Morgan fingerprint density at radius 3 is 2.67 bits per heavy atom. The maximum absolute atomic E-state index is 10.3. The zero-order valence-corrected chi connectivity index (χ0v) is 6.10. The summed E-state index contributed by atoms with van der Waals surface area (Å²) < 4.78 is 4.79. The Bertz CT molecular complexity index is 93.1. The molecule has 0 saturated carbocycles. The van der Waals surface area contributed by atoms with Crippen LogP contribution in [0.2, 0.25) is 0 Å². The Labute approximate surface area is 55.4 Å². The van der Waals surface area contributed by atoms with E-state index in [2.05, 4.69) is 5.32 Å². The van der Waals surface area contributed by atoms with Crippen molar-refractivity contribution in [2.45, 2.75) is 20.0 Å². The van der Waals surface area contributed by atoms with Crippen molar-refractivity contribution >= 4 is 5.97 Å². The largest absolute Gasteiger partial charge is 0.462 e. The second-order valence-electron chi connectivity index (χ2n) is 1.98. The number of hydrogen-bond acceptors (Lipinski definition) is 3. The van der Waals surface area contributed by atoms with E-state index in [-0.39, 0.29) is 12.1 Å². The lowest BCUT2D eigenvalue weighted by Crippen LogP contribution is -2.25. The quantitative estimate of drug-likeness (QED) is 0.554. The predicted octanol–water partition coefficient (Wildman–Crippen LogP) is 0.157. The van der Waals surface area contributed by atoms with Crippen molar-refractivity contribution in [3.63, 3.8) is 0 Å². The summed E-state index contributed by atoms with van der Waals surface area (Å²) in [5, 5.41) is 2.90. The predicted molar refractivity (Wildman–Crippen MR) is 35.2 cm³/mol. The minimum Gasteiger partial charge on any atom is -0.462 e. The Hall–Kier alpha value is -0.570. The number of carbonyl (C=O) groups excluding carboxylic acids is 1. The Morgan fingerprint density at radius 1 is 1.78 bits per heavy atom. The number of likely N-dealkylation sites (N-methyl/N-ethyl adjacent to an activating group) is 1. The summed E-state index contributed by atoms with van der Waals surface area (Å²) in [7, 11) is 1.82. The van der Waals surface area contributed by atoms with Crippen molar-refractivity contribution in [1.82, 2.24) is 5.32 Å². The lowest BCUT2D eigenvalue weighted by Gasteiger charge is -2.09. The summed E-state index contributed by atoms with van der Waals surface area (Å²) in [5.74, 6) is -0.224. The number of carbonyl (C=O) groups is 1. The van der Waals surface area contributed by atoms with Crippen LogP contribution in [0.25, 0.3) is 0 Å². The van der Waals surface area contributed by atoms with Crippen LogP contribution in [-0.2, 0) is 9.53 Å². The van der Waals surface area contributed by atoms with Crippen molar-refractivity contribution in [2.24, 2.45) is 0 Å². The topological polar surface area (TPSA) is 38.3 Å². The lowest BCUT2D eigenvalue weighted by atomic mass is 10.4. The molecule has 0 amide bonds. The summed E-state index contributed by atoms with van der Waals surface area (Å²) >= 11 is 0. The molecule has 9 heavy (non-hydrogen) atoms. The summed E-state index contributed by atoms with van der Waals surface area (Å²) in [6, 6.07) is 0. The zero-order valence-electron chi connectivity index (χ0n) is 6.10. The molecule has 3 nitrogen and oxygen atoms in total. The molecule has 0 rings (SSSR count). The van der Waals surface area contributed by atoms with Crippen LogP contribution in [0.4, 0.5) is 0 Å². The van der Waals surface area contributed by atoms with Gasteiger partial charge in [-0.1, -0.05) is 0 Å². The number of ether oxygens (including phenoxy) is 1. The van der Waals surface area contributed by atoms with E-state index in [4.69, 9.17) is 4.74 Å². The van der Waals surface area contributed by atoms with Gasteiger partial charge < -0.3 is 10.1 Å². The molecule has 0 fully saturated rings. The first-order chi connectivity index (χ1) is 4.16. The molecule has 0 radical (unpaired) electrons. The first-order valence-electron chi connectivity index (χ1n) is 2.98. The van der Waals surface area contributed by atoms with Gasteiger partial charge in [-0.25, -0.2) is 0 Å². The van der Waals surface area contributed by atoms with E-state index >= 15 is 0 Å². The molecule has 3 heteroatoms. The van der Waals surface area contributed by atoms with Crippen LogP contribution in [0.3, 0.4) is 0 Å². The molecule has 0 aromatic rings. The van der Waals surface area contributed by atoms with Gasteiger partial charge in [0.05, 0.1) is 0 Å².